The molecule has 6 heteroatoms. The molecule has 0 aliphatic carbocycles. The number of carbonyl (C=O) groups is 2. The third-order valence-corrected chi connectivity index (χ3v) is 2.61. The number of pyridine rings is 1. The van der Waals surface area contributed by atoms with Crippen LogP contribution in [0.3, 0.4) is 0 Å². The van der Waals surface area contributed by atoms with E-state index in [1.807, 2.05) is 0 Å². The van der Waals surface area contributed by atoms with Crippen LogP contribution in [0.15, 0.2) is 18.3 Å². The summed E-state index contributed by atoms with van der Waals surface area (Å²) in [4.78, 5) is 28.0. The van der Waals surface area contributed by atoms with Crippen molar-refractivity contribution < 1.29 is 9.59 Å². The second-order valence-corrected chi connectivity index (χ2v) is 3.75. The van der Waals surface area contributed by atoms with Crippen molar-refractivity contribution in [2.24, 2.45) is 11.7 Å². The van der Waals surface area contributed by atoms with Crippen LogP contribution in [-0.2, 0) is 9.59 Å². The van der Waals surface area contributed by atoms with Gasteiger partial charge in [0.05, 0.1) is 17.8 Å². The van der Waals surface area contributed by atoms with E-state index in [1.165, 1.54) is 11.1 Å². The van der Waals surface area contributed by atoms with Crippen molar-refractivity contribution in [2.75, 3.05) is 17.2 Å². The predicted octanol–water partition coefficient (Wildman–Crippen LogP) is -0.498. The summed E-state index contributed by atoms with van der Waals surface area (Å²) in [6.45, 7) is 0.319. The average molecular weight is 220 g/mol. The lowest BCUT2D eigenvalue weighted by Crippen LogP contribution is -2.28. The first-order chi connectivity index (χ1) is 7.58. The molecule has 1 aliphatic rings. The molecular formula is C10H12N4O2. The van der Waals surface area contributed by atoms with Gasteiger partial charge in [-0.3, -0.25) is 9.59 Å². The predicted molar refractivity (Wildman–Crippen MR) is 58.3 cm³/mol. The highest BCUT2D eigenvalue weighted by atomic mass is 16.2. The van der Waals surface area contributed by atoms with Crippen LogP contribution >= 0.6 is 0 Å². The molecule has 4 N–H and O–H groups in total. The van der Waals surface area contributed by atoms with Gasteiger partial charge in [0.2, 0.25) is 11.8 Å². The maximum Gasteiger partial charge on any atom is 0.227 e. The Morgan fingerprint density at radius 1 is 1.50 bits per heavy atom. The zero-order valence-electron chi connectivity index (χ0n) is 8.59. The van der Waals surface area contributed by atoms with Gasteiger partial charge in [0, 0.05) is 13.0 Å². The number of carbonyl (C=O) groups excluding carboxylic acids is 2. The Morgan fingerprint density at radius 2 is 2.25 bits per heavy atom. The van der Waals surface area contributed by atoms with Crippen molar-refractivity contribution >= 4 is 23.3 Å². The lowest BCUT2D eigenvalue weighted by Gasteiger charge is -2.15. The highest BCUT2D eigenvalue weighted by Crippen LogP contribution is 2.24. The summed E-state index contributed by atoms with van der Waals surface area (Å²) in [5, 5.41) is 0. The quantitative estimate of drug-likeness (QED) is 0.701. The van der Waals surface area contributed by atoms with E-state index in [-0.39, 0.29) is 12.3 Å². The Kier molecular flexibility index (Phi) is 2.47. The number of nitrogen functional groups attached to an aromatic ring is 1. The van der Waals surface area contributed by atoms with Crippen molar-refractivity contribution in [3.63, 3.8) is 0 Å². The minimum atomic E-state index is -0.445. The van der Waals surface area contributed by atoms with Crippen LogP contribution in [-0.4, -0.2) is 23.3 Å². The Balaban J connectivity index is 2.20. The topological polar surface area (TPSA) is 102 Å². The van der Waals surface area contributed by atoms with E-state index in [2.05, 4.69) is 4.98 Å². The molecule has 2 heterocycles. The summed E-state index contributed by atoms with van der Waals surface area (Å²) in [5.41, 5.74) is 11.3. The van der Waals surface area contributed by atoms with Gasteiger partial charge in [-0.15, -0.1) is 0 Å². The first kappa shape index (κ1) is 10.4. The third-order valence-electron chi connectivity index (χ3n) is 2.61. The van der Waals surface area contributed by atoms with Crippen LogP contribution < -0.4 is 16.4 Å². The average Bonchev–Trinajstić information content (AvgIpc) is 2.62. The van der Waals surface area contributed by atoms with Gasteiger partial charge in [-0.25, -0.2) is 4.98 Å². The smallest absolute Gasteiger partial charge is 0.227 e. The maximum atomic E-state index is 11.6. The summed E-state index contributed by atoms with van der Waals surface area (Å²) in [6, 6.07) is 3.31. The van der Waals surface area contributed by atoms with Gasteiger partial charge in [-0.2, -0.15) is 0 Å². The molecule has 2 rings (SSSR count). The maximum absolute atomic E-state index is 11.6. The first-order valence-electron chi connectivity index (χ1n) is 4.89. The number of anilines is 2. The molecule has 0 spiro atoms. The minimum Gasteiger partial charge on any atom is -0.384 e. The molecule has 1 atom stereocenters. The van der Waals surface area contributed by atoms with Crippen LogP contribution in [0.4, 0.5) is 11.5 Å². The minimum absolute atomic E-state index is 0.115. The van der Waals surface area contributed by atoms with Gasteiger partial charge in [0.15, 0.2) is 0 Å². The molecule has 0 aromatic carbocycles. The normalized spacial score (nSPS) is 20.1. The van der Waals surface area contributed by atoms with Gasteiger partial charge >= 0.3 is 0 Å². The second-order valence-electron chi connectivity index (χ2n) is 3.75. The number of primary amides is 1. The molecule has 2 amide bonds. The van der Waals surface area contributed by atoms with Gasteiger partial charge in [-0.05, 0) is 12.1 Å². The Morgan fingerprint density at radius 3 is 2.75 bits per heavy atom. The third kappa shape index (κ3) is 1.81. The van der Waals surface area contributed by atoms with Crippen molar-refractivity contribution in [3.8, 4) is 0 Å². The molecule has 0 radical (unpaired) electrons. The SMILES string of the molecule is NC(=O)C1CC(=O)N(c2ccc(N)nc2)C1. The number of rotatable bonds is 2. The standard InChI is InChI=1S/C10H12N4O2/c11-8-2-1-7(4-13-8)14-5-6(10(12)16)3-9(14)15/h1-2,4,6H,3,5H2,(H2,11,13)(H2,12,16). The van der Waals surface area contributed by atoms with E-state index in [0.717, 1.165) is 0 Å². The molecule has 1 aromatic heterocycles. The molecule has 1 aromatic rings. The summed E-state index contributed by atoms with van der Waals surface area (Å²) < 4.78 is 0. The van der Waals surface area contributed by atoms with Crippen molar-refractivity contribution in [1.82, 2.24) is 4.98 Å². The zero-order chi connectivity index (χ0) is 11.7. The number of amides is 2. The fourth-order valence-electron chi connectivity index (χ4n) is 1.70. The summed E-state index contributed by atoms with van der Waals surface area (Å²) in [6.07, 6.45) is 1.68. The fraction of sp³-hybridized carbons (Fsp3) is 0.300. The van der Waals surface area contributed by atoms with Crippen LogP contribution in [0.2, 0.25) is 0 Å². The van der Waals surface area contributed by atoms with E-state index in [0.29, 0.717) is 18.1 Å². The zero-order valence-corrected chi connectivity index (χ0v) is 8.59. The largest absolute Gasteiger partial charge is 0.384 e. The lowest BCUT2D eigenvalue weighted by molar-refractivity contribution is -0.123. The van der Waals surface area contributed by atoms with Crippen LogP contribution in [0.1, 0.15) is 6.42 Å². The molecule has 84 valence electrons. The molecule has 0 saturated carbocycles. The fourth-order valence-corrected chi connectivity index (χ4v) is 1.70. The lowest BCUT2D eigenvalue weighted by atomic mass is 10.1. The molecule has 6 nitrogen and oxygen atoms in total. The highest BCUT2D eigenvalue weighted by Gasteiger charge is 2.33. The number of hydrogen-bond acceptors (Lipinski definition) is 4. The van der Waals surface area contributed by atoms with Crippen molar-refractivity contribution in [1.29, 1.82) is 0 Å². The van der Waals surface area contributed by atoms with Crippen LogP contribution in [0.25, 0.3) is 0 Å². The Hall–Kier alpha value is -2.11. The molecule has 1 fully saturated rings. The molecule has 16 heavy (non-hydrogen) atoms. The van der Waals surface area contributed by atoms with Crippen LogP contribution in [0, 0.1) is 5.92 Å². The van der Waals surface area contributed by atoms with Crippen LogP contribution in [0.5, 0.6) is 0 Å². The molecule has 1 aliphatic heterocycles. The number of hydrogen-bond donors (Lipinski definition) is 2. The number of nitrogens with zero attached hydrogens (tertiary/aromatic N) is 2. The molecule has 1 saturated heterocycles. The van der Waals surface area contributed by atoms with Gasteiger partial charge in [-0.1, -0.05) is 0 Å². The monoisotopic (exact) mass is 220 g/mol. The van der Waals surface area contributed by atoms with Gasteiger partial charge in [0.1, 0.15) is 5.82 Å². The van der Waals surface area contributed by atoms with E-state index in [9.17, 15) is 9.59 Å². The summed E-state index contributed by atoms with van der Waals surface area (Å²) >= 11 is 0. The Bertz CT molecular complexity index is 429. The molecule has 1 unspecified atom stereocenters. The van der Waals surface area contributed by atoms with E-state index in [1.54, 1.807) is 12.1 Å². The summed E-state index contributed by atoms with van der Waals surface area (Å²) in [5.74, 6) is -0.582. The van der Waals surface area contributed by atoms with Gasteiger partial charge < -0.3 is 16.4 Å². The van der Waals surface area contributed by atoms with E-state index < -0.39 is 11.8 Å². The van der Waals surface area contributed by atoms with Crippen molar-refractivity contribution in [2.45, 2.75) is 6.42 Å². The first-order valence-corrected chi connectivity index (χ1v) is 4.89. The second kappa shape index (κ2) is 3.80. The number of nitrogens with two attached hydrogens (primary N) is 2. The molecular weight excluding hydrogens is 208 g/mol. The Labute approximate surface area is 92.2 Å². The van der Waals surface area contributed by atoms with E-state index in [4.69, 9.17) is 11.5 Å². The summed E-state index contributed by atoms with van der Waals surface area (Å²) in [7, 11) is 0. The molecule has 0 bridgehead atoms. The number of aromatic nitrogens is 1. The highest BCUT2D eigenvalue weighted by molar-refractivity contribution is 5.99. The van der Waals surface area contributed by atoms with Gasteiger partial charge in [0.25, 0.3) is 0 Å². The van der Waals surface area contributed by atoms with Crippen molar-refractivity contribution in [3.05, 3.63) is 18.3 Å². The van der Waals surface area contributed by atoms with E-state index >= 15 is 0 Å².